The van der Waals surface area contributed by atoms with Crippen LogP contribution in [0, 0.1) is 0 Å². The van der Waals surface area contributed by atoms with E-state index in [1.807, 2.05) is 6.08 Å². The van der Waals surface area contributed by atoms with Crippen molar-refractivity contribution in [2.75, 3.05) is 13.2 Å². The summed E-state index contributed by atoms with van der Waals surface area (Å²) in [4.78, 5) is 13.1. The second-order valence-corrected chi connectivity index (χ2v) is 22.2. The summed E-state index contributed by atoms with van der Waals surface area (Å²) in [7, 11) is 0. The van der Waals surface area contributed by atoms with Crippen molar-refractivity contribution in [1.29, 1.82) is 0 Å². The van der Waals surface area contributed by atoms with Crippen LogP contribution in [-0.4, -0.2) is 87.5 Å². The van der Waals surface area contributed by atoms with Crippen molar-refractivity contribution in [2.45, 2.75) is 301 Å². The van der Waals surface area contributed by atoms with E-state index in [0.29, 0.717) is 6.42 Å². The Morgan fingerprint density at radius 1 is 0.432 bits per heavy atom. The maximum absolute atomic E-state index is 13.1. The summed E-state index contributed by atoms with van der Waals surface area (Å²) in [6.45, 7) is 3.64. The van der Waals surface area contributed by atoms with Gasteiger partial charge in [-0.3, -0.25) is 4.79 Å². The molecule has 0 saturated carbocycles. The molecule has 9 nitrogen and oxygen atoms in total. The number of nitrogens with one attached hydrogen (secondary N) is 1. The van der Waals surface area contributed by atoms with E-state index in [1.54, 1.807) is 6.08 Å². The Hall–Kier alpha value is -3.67. The van der Waals surface area contributed by atoms with Crippen LogP contribution in [0.2, 0.25) is 0 Å². The maximum atomic E-state index is 13.1. The van der Waals surface area contributed by atoms with Gasteiger partial charge < -0.3 is 40.3 Å². The molecule has 81 heavy (non-hydrogen) atoms. The molecule has 462 valence electrons. The van der Waals surface area contributed by atoms with E-state index in [9.17, 15) is 30.3 Å². The zero-order valence-corrected chi connectivity index (χ0v) is 51.5. The van der Waals surface area contributed by atoms with E-state index in [4.69, 9.17) is 9.47 Å². The summed E-state index contributed by atoms with van der Waals surface area (Å²) >= 11 is 0. The summed E-state index contributed by atoms with van der Waals surface area (Å²) in [6.07, 6.45) is 83.9. The molecule has 0 radical (unpaired) electrons. The first-order chi connectivity index (χ1) is 39.8. The number of ether oxygens (including phenoxy) is 2. The molecule has 0 bridgehead atoms. The van der Waals surface area contributed by atoms with E-state index in [2.05, 4.69) is 141 Å². The largest absolute Gasteiger partial charge is 0.394 e. The fourth-order valence-electron chi connectivity index (χ4n) is 9.56. The molecule has 0 spiro atoms. The predicted molar refractivity (Wildman–Crippen MR) is 345 cm³/mol. The molecule has 1 rings (SSSR count). The number of carbonyl (C=O) groups excluding carboxylic acids is 1. The minimum Gasteiger partial charge on any atom is -0.394 e. The lowest BCUT2D eigenvalue weighted by Crippen LogP contribution is -2.60. The Morgan fingerprint density at radius 3 is 1.19 bits per heavy atom. The number of hydrogen-bond donors (Lipinski definition) is 6. The maximum Gasteiger partial charge on any atom is 0.220 e. The third kappa shape index (κ3) is 48.4. The van der Waals surface area contributed by atoms with Crippen molar-refractivity contribution in [2.24, 2.45) is 0 Å². The fourth-order valence-corrected chi connectivity index (χ4v) is 9.56. The Morgan fingerprint density at radius 2 is 0.778 bits per heavy atom. The monoisotopic (exact) mass is 1130 g/mol. The van der Waals surface area contributed by atoms with Crippen LogP contribution in [-0.2, 0) is 14.3 Å². The Labute approximate surface area is 496 Å². The van der Waals surface area contributed by atoms with Gasteiger partial charge >= 0.3 is 0 Å². The Balaban J connectivity index is 2.15. The topological polar surface area (TPSA) is 149 Å². The van der Waals surface area contributed by atoms with Gasteiger partial charge in [-0.1, -0.05) is 276 Å². The molecular formula is C72H121NO8. The third-order valence-electron chi connectivity index (χ3n) is 14.7. The summed E-state index contributed by atoms with van der Waals surface area (Å²) in [5.74, 6) is -0.195. The quantitative estimate of drug-likeness (QED) is 0.0261. The number of aliphatic hydroxyl groups is 5. The molecule has 0 aromatic rings. The summed E-state index contributed by atoms with van der Waals surface area (Å²) in [6, 6.07) is -0.837. The molecule has 9 heteroatoms. The molecule has 0 aromatic carbocycles. The molecule has 0 aromatic heterocycles. The van der Waals surface area contributed by atoms with Gasteiger partial charge in [0.05, 0.1) is 25.4 Å². The highest BCUT2D eigenvalue weighted by Crippen LogP contribution is 2.23. The molecule has 7 unspecified atom stereocenters. The van der Waals surface area contributed by atoms with Gasteiger partial charge in [0.15, 0.2) is 6.29 Å². The van der Waals surface area contributed by atoms with Gasteiger partial charge in [-0.05, 0) is 109 Å². The average molecular weight is 1130 g/mol. The number of aliphatic hydroxyl groups excluding tert-OH is 5. The molecule has 1 aliphatic rings. The summed E-state index contributed by atoms with van der Waals surface area (Å²) in [5.41, 5.74) is 0. The van der Waals surface area contributed by atoms with Crippen LogP contribution < -0.4 is 5.32 Å². The predicted octanol–water partition coefficient (Wildman–Crippen LogP) is 17.6. The lowest BCUT2D eigenvalue weighted by Gasteiger charge is -2.40. The minimum absolute atomic E-state index is 0.195. The first kappa shape index (κ1) is 75.3. The molecule has 1 aliphatic heterocycles. The molecule has 1 fully saturated rings. The smallest absolute Gasteiger partial charge is 0.220 e. The van der Waals surface area contributed by atoms with Crippen LogP contribution in [0.4, 0.5) is 0 Å². The van der Waals surface area contributed by atoms with E-state index >= 15 is 0 Å². The van der Waals surface area contributed by atoms with E-state index < -0.39 is 49.5 Å². The molecular weight excluding hydrogens is 1010 g/mol. The van der Waals surface area contributed by atoms with E-state index in [1.165, 1.54) is 135 Å². The van der Waals surface area contributed by atoms with Gasteiger partial charge in [-0.15, -0.1) is 0 Å². The number of hydrogen-bond acceptors (Lipinski definition) is 8. The number of amides is 1. The lowest BCUT2D eigenvalue weighted by atomic mass is 9.99. The highest BCUT2D eigenvalue weighted by Gasteiger charge is 2.44. The van der Waals surface area contributed by atoms with Crippen molar-refractivity contribution in [1.82, 2.24) is 5.32 Å². The van der Waals surface area contributed by atoms with E-state index in [-0.39, 0.29) is 12.5 Å². The highest BCUT2D eigenvalue weighted by molar-refractivity contribution is 5.76. The van der Waals surface area contributed by atoms with Crippen LogP contribution in [0.1, 0.15) is 258 Å². The SMILES string of the molecule is CC/C=C\C/C=C\C/C=C\C/C=C\C/C=C\C/C=C\C/C=C\C/C=C\CCCCCCCCCCCCCCCCC(=O)NC(COC1OC(CO)C(O)C(O)C1O)C(O)/C=C/CC/C=C/CC/C=C/CCCCCCCCCCC. The van der Waals surface area contributed by atoms with Crippen LogP contribution in [0.3, 0.4) is 0 Å². The zero-order chi connectivity index (χ0) is 58.6. The number of rotatable bonds is 55. The number of allylic oxidation sites excluding steroid dienone is 21. The number of unbranched alkanes of at least 4 members (excludes halogenated alkanes) is 25. The average Bonchev–Trinajstić information content (AvgIpc) is 3.48. The zero-order valence-electron chi connectivity index (χ0n) is 51.5. The van der Waals surface area contributed by atoms with Crippen molar-refractivity contribution >= 4 is 5.91 Å². The van der Waals surface area contributed by atoms with Crippen LogP contribution in [0.25, 0.3) is 0 Å². The van der Waals surface area contributed by atoms with Crippen molar-refractivity contribution < 1.29 is 39.8 Å². The fraction of sp³-hybridized carbons (Fsp3) is 0.681. The number of carbonyl (C=O) groups is 1. The van der Waals surface area contributed by atoms with Crippen molar-refractivity contribution in [3.63, 3.8) is 0 Å². The van der Waals surface area contributed by atoms with Crippen molar-refractivity contribution in [3.05, 3.63) is 134 Å². The lowest BCUT2D eigenvalue weighted by molar-refractivity contribution is -0.302. The first-order valence-corrected chi connectivity index (χ1v) is 32.9. The van der Waals surface area contributed by atoms with Crippen LogP contribution in [0.5, 0.6) is 0 Å². The second kappa shape index (κ2) is 59.5. The van der Waals surface area contributed by atoms with Gasteiger partial charge in [-0.2, -0.15) is 0 Å². The normalized spacial score (nSPS) is 19.3. The summed E-state index contributed by atoms with van der Waals surface area (Å²) < 4.78 is 11.3. The van der Waals surface area contributed by atoms with Gasteiger partial charge in [-0.25, -0.2) is 0 Å². The molecule has 0 aliphatic carbocycles. The van der Waals surface area contributed by atoms with Gasteiger partial charge in [0.1, 0.15) is 24.4 Å². The first-order valence-electron chi connectivity index (χ1n) is 32.9. The van der Waals surface area contributed by atoms with Crippen LogP contribution >= 0.6 is 0 Å². The van der Waals surface area contributed by atoms with Crippen LogP contribution in [0.15, 0.2) is 134 Å². The third-order valence-corrected chi connectivity index (χ3v) is 14.7. The van der Waals surface area contributed by atoms with Gasteiger partial charge in [0, 0.05) is 6.42 Å². The molecule has 1 heterocycles. The van der Waals surface area contributed by atoms with Crippen molar-refractivity contribution in [3.8, 4) is 0 Å². The Kier molecular flexibility index (Phi) is 55.3. The summed E-state index contributed by atoms with van der Waals surface area (Å²) in [5, 5.41) is 54.6. The highest BCUT2D eigenvalue weighted by atomic mass is 16.7. The van der Waals surface area contributed by atoms with Gasteiger partial charge in [0.2, 0.25) is 5.91 Å². The second-order valence-electron chi connectivity index (χ2n) is 22.2. The Bertz CT molecular complexity index is 1740. The molecule has 1 amide bonds. The van der Waals surface area contributed by atoms with Gasteiger partial charge in [0.25, 0.3) is 0 Å². The molecule has 7 atom stereocenters. The molecule has 6 N–H and O–H groups in total. The van der Waals surface area contributed by atoms with E-state index in [0.717, 1.165) is 103 Å². The standard InChI is InChI=1S/C72H121NO8/c1-3-5-7-9-11-13-15-17-19-21-23-24-25-26-27-28-29-30-31-32-33-34-35-36-37-38-39-40-41-42-44-46-48-50-52-54-56-58-60-62-68(76)73-65(64-80-72-71(79)70(78)69(77)67(63-74)81-72)66(75)61-59-57-55-53-51-49-47-45-43-22-20-18-16-14-12-10-8-6-4-2/h5,7,11,13,17,19,23-24,26-27,29-30,32-33,35-36,43,45,51,53,59,61,65-67,69-72,74-75,77-79H,3-4,6,8-10,12,14-16,18,20-22,25,28,31,34,37-42,44,46-50,52,54-58,60,62-64H2,1-2H3,(H,73,76)/b7-5-,13-11-,19-17-,24-23-,27-26-,30-29-,33-32-,36-35-,45-43+,53-51+,61-59+. The molecule has 1 saturated heterocycles. The minimum atomic E-state index is -1.58.